The number of hydrogen-bond donors (Lipinski definition) is 1. The van der Waals surface area contributed by atoms with Gasteiger partial charge in [0.15, 0.2) is 0 Å². The summed E-state index contributed by atoms with van der Waals surface area (Å²) in [6, 6.07) is 0.449. The predicted octanol–water partition coefficient (Wildman–Crippen LogP) is 2.65. The van der Waals surface area contributed by atoms with Crippen LogP contribution in [0.4, 0.5) is 0 Å². The second-order valence-electron chi connectivity index (χ2n) is 8.30. The average molecular weight is 322 g/mol. The van der Waals surface area contributed by atoms with E-state index in [4.69, 9.17) is 0 Å². The van der Waals surface area contributed by atoms with E-state index in [0.717, 1.165) is 19.5 Å². The summed E-state index contributed by atoms with van der Waals surface area (Å²) in [7, 11) is 1.98. The lowest BCUT2D eigenvalue weighted by Crippen LogP contribution is -2.57. The lowest BCUT2D eigenvalue weighted by Gasteiger charge is -2.50. The number of likely N-dealkylation sites (tertiary alicyclic amines) is 1. The Labute approximate surface area is 141 Å². The summed E-state index contributed by atoms with van der Waals surface area (Å²) in [4.78, 5) is 16.9. The van der Waals surface area contributed by atoms with Crippen LogP contribution in [0, 0.1) is 11.8 Å². The quantitative estimate of drug-likeness (QED) is 0.865. The number of amides is 1. The third-order valence-electron chi connectivity index (χ3n) is 6.90. The first-order valence-electron chi connectivity index (χ1n) is 9.71. The summed E-state index contributed by atoms with van der Waals surface area (Å²) in [6.07, 6.45) is 10.7. The Hall–Kier alpha value is -0.610. The first-order valence-corrected chi connectivity index (χ1v) is 9.71. The Balaban J connectivity index is 1.50. The van der Waals surface area contributed by atoms with Gasteiger partial charge in [-0.05, 0) is 43.9 Å². The van der Waals surface area contributed by atoms with Gasteiger partial charge in [0.25, 0.3) is 0 Å². The normalized spacial score (nSPS) is 34.1. The number of likely N-dealkylation sites (N-methyl/N-ethyl adjacent to an activating group) is 1. The zero-order valence-corrected chi connectivity index (χ0v) is 15.0. The van der Waals surface area contributed by atoms with Crippen molar-refractivity contribution in [3.05, 3.63) is 0 Å². The number of aliphatic hydroxyl groups is 1. The fraction of sp³-hybridized carbons (Fsp3) is 0.947. The minimum Gasteiger partial charge on any atom is -0.389 e. The third kappa shape index (κ3) is 3.58. The second kappa shape index (κ2) is 7.10. The molecule has 23 heavy (non-hydrogen) atoms. The third-order valence-corrected chi connectivity index (χ3v) is 6.90. The number of piperidine rings is 1. The van der Waals surface area contributed by atoms with Crippen LogP contribution in [0.2, 0.25) is 0 Å². The van der Waals surface area contributed by atoms with Crippen molar-refractivity contribution >= 4 is 5.91 Å². The largest absolute Gasteiger partial charge is 0.389 e. The molecule has 3 fully saturated rings. The van der Waals surface area contributed by atoms with E-state index >= 15 is 0 Å². The van der Waals surface area contributed by atoms with Crippen molar-refractivity contribution in [2.45, 2.75) is 76.4 Å². The number of carbonyl (C=O) groups is 1. The molecule has 1 heterocycles. The first kappa shape index (κ1) is 17.2. The molecule has 1 amide bonds. The van der Waals surface area contributed by atoms with Crippen LogP contribution in [0.5, 0.6) is 0 Å². The topological polar surface area (TPSA) is 43.8 Å². The number of rotatable bonds is 4. The molecule has 4 nitrogen and oxygen atoms in total. The zero-order chi connectivity index (χ0) is 16.4. The lowest BCUT2D eigenvalue weighted by molar-refractivity contribution is -0.143. The Bertz CT molecular complexity index is 418. The van der Waals surface area contributed by atoms with Crippen molar-refractivity contribution in [1.82, 2.24) is 9.80 Å². The van der Waals surface area contributed by atoms with Gasteiger partial charge in [-0.1, -0.05) is 32.6 Å². The minimum absolute atomic E-state index is 0.262. The predicted molar refractivity (Wildman–Crippen MR) is 92.2 cm³/mol. The Morgan fingerprint density at radius 1 is 1.17 bits per heavy atom. The van der Waals surface area contributed by atoms with Crippen LogP contribution in [0.15, 0.2) is 0 Å². The van der Waals surface area contributed by atoms with Gasteiger partial charge in [-0.25, -0.2) is 0 Å². The van der Waals surface area contributed by atoms with Crippen LogP contribution in [-0.4, -0.2) is 59.1 Å². The van der Waals surface area contributed by atoms with E-state index in [2.05, 4.69) is 11.8 Å². The van der Waals surface area contributed by atoms with Crippen LogP contribution >= 0.6 is 0 Å². The molecule has 132 valence electrons. The summed E-state index contributed by atoms with van der Waals surface area (Å²) in [6.45, 7) is 4.41. The molecule has 1 aliphatic heterocycles. The van der Waals surface area contributed by atoms with Gasteiger partial charge in [0.2, 0.25) is 5.91 Å². The van der Waals surface area contributed by atoms with Gasteiger partial charge in [-0.3, -0.25) is 9.69 Å². The molecule has 0 aromatic rings. The molecule has 1 saturated heterocycles. The van der Waals surface area contributed by atoms with Crippen molar-refractivity contribution in [1.29, 1.82) is 0 Å². The summed E-state index contributed by atoms with van der Waals surface area (Å²) >= 11 is 0. The molecule has 0 aromatic heterocycles. The van der Waals surface area contributed by atoms with Gasteiger partial charge in [-0.2, -0.15) is 0 Å². The monoisotopic (exact) mass is 322 g/mol. The molecule has 1 N–H and O–H groups in total. The molecule has 2 atom stereocenters. The molecule has 3 aliphatic rings. The van der Waals surface area contributed by atoms with Crippen molar-refractivity contribution < 1.29 is 9.90 Å². The lowest BCUT2D eigenvalue weighted by atomic mass is 9.65. The molecular formula is C19H34N2O2. The van der Waals surface area contributed by atoms with Gasteiger partial charge >= 0.3 is 0 Å². The van der Waals surface area contributed by atoms with E-state index in [-0.39, 0.29) is 11.8 Å². The molecular weight excluding hydrogens is 288 g/mol. The van der Waals surface area contributed by atoms with Gasteiger partial charge in [0.05, 0.1) is 12.1 Å². The van der Waals surface area contributed by atoms with Crippen molar-refractivity contribution in [3.63, 3.8) is 0 Å². The van der Waals surface area contributed by atoms with Crippen LogP contribution < -0.4 is 0 Å². The van der Waals surface area contributed by atoms with Gasteiger partial charge in [-0.15, -0.1) is 0 Å². The van der Waals surface area contributed by atoms with E-state index in [0.29, 0.717) is 18.5 Å². The van der Waals surface area contributed by atoms with Gasteiger partial charge < -0.3 is 10.0 Å². The van der Waals surface area contributed by atoms with Gasteiger partial charge in [0, 0.05) is 26.2 Å². The summed E-state index contributed by atoms with van der Waals surface area (Å²) in [5, 5.41) is 11.0. The van der Waals surface area contributed by atoms with Crippen molar-refractivity contribution in [2.24, 2.45) is 11.8 Å². The Morgan fingerprint density at radius 2 is 1.87 bits per heavy atom. The fourth-order valence-corrected chi connectivity index (χ4v) is 4.85. The van der Waals surface area contributed by atoms with E-state index in [1.807, 2.05) is 11.9 Å². The van der Waals surface area contributed by atoms with Crippen LogP contribution in [-0.2, 0) is 4.79 Å². The summed E-state index contributed by atoms with van der Waals surface area (Å²) in [5.74, 6) is 1.03. The maximum absolute atomic E-state index is 12.6. The van der Waals surface area contributed by atoms with E-state index in [9.17, 15) is 9.90 Å². The first-order chi connectivity index (χ1) is 11.0. The summed E-state index contributed by atoms with van der Waals surface area (Å²) < 4.78 is 0. The zero-order valence-electron chi connectivity index (χ0n) is 15.0. The maximum Gasteiger partial charge on any atom is 0.236 e. The Morgan fingerprint density at radius 3 is 2.43 bits per heavy atom. The van der Waals surface area contributed by atoms with Crippen LogP contribution in [0.3, 0.4) is 0 Å². The molecule has 0 spiro atoms. The molecule has 2 saturated carbocycles. The van der Waals surface area contributed by atoms with E-state index in [1.165, 1.54) is 51.4 Å². The van der Waals surface area contributed by atoms with E-state index in [1.54, 1.807) is 0 Å². The average Bonchev–Trinajstić information content (AvgIpc) is 2.49. The fourth-order valence-electron chi connectivity index (χ4n) is 4.85. The molecule has 0 radical (unpaired) electrons. The molecule has 0 unspecified atom stereocenters. The minimum atomic E-state index is -0.479. The molecule has 0 aromatic carbocycles. The maximum atomic E-state index is 12.6. The summed E-state index contributed by atoms with van der Waals surface area (Å²) in [5.41, 5.74) is -0.479. The van der Waals surface area contributed by atoms with Gasteiger partial charge in [0.1, 0.15) is 0 Å². The van der Waals surface area contributed by atoms with E-state index < -0.39 is 5.60 Å². The van der Waals surface area contributed by atoms with Crippen molar-refractivity contribution in [2.75, 3.05) is 26.7 Å². The van der Waals surface area contributed by atoms with Crippen molar-refractivity contribution in [3.8, 4) is 0 Å². The Kier molecular flexibility index (Phi) is 5.32. The number of carbonyl (C=O) groups excluding carboxylic acids is 1. The highest BCUT2D eigenvalue weighted by atomic mass is 16.3. The van der Waals surface area contributed by atoms with Crippen LogP contribution in [0.25, 0.3) is 0 Å². The number of hydrogen-bond acceptors (Lipinski definition) is 3. The second-order valence-corrected chi connectivity index (χ2v) is 8.30. The molecule has 3 rings (SSSR count). The number of nitrogens with zero attached hydrogens (tertiary/aromatic N) is 2. The molecule has 0 bridgehead atoms. The highest BCUT2D eigenvalue weighted by molar-refractivity contribution is 5.78. The van der Waals surface area contributed by atoms with Crippen LogP contribution in [0.1, 0.15) is 64.7 Å². The smallest absolute Gasteiger partial charge is 0.236 e. The highest BCUT2D eigenvalue weighted by Crippen LogP contribution is 2.44. The molecule has 2 aliphatic carbocycles. The standard InChI is InChI=1S/C19H34N2O2/c1-15-13-21(12-11-19(15,23)16-7-6-8-16)14-18(22)20(2)17-9-4-3-5-10-17/h15-17,23H,3-14H2,1-2H3/t15-,19+/m1/s1. The molecule has 4 heteroatoms. The highest BCUT2D eigenvalue weighted by Gasteiger charge is 2.47. The SMILES string of the molecule is C[C@@H]1CN(CC(=O)N(C)C2CCCCC2)CC[C@@]1(O)C1CCC1.